The average Bonchev–Trinajstić information content (AvgIpc) is 2.16. The topological polar surface area (TPSA) is 29.1 Å². The summed E-state index contributed by atoms with van der Waals surface area (Å²) in [5.74, 6) is 1.10. The molecule has 0 aromatic heterocycles. The average molecular weight is 186 g/mol. The van der Waals surface area contributed by atoms with E-state index in [-0.39, 0.29) is 6.61 Å². The Morgan fingerprint density at radius 2 is 2.25 bits per heavy atom. The van der Waals surface area contributed by atoms with Gasteiger partial charge >= 0.3 is 0 Å². The Morgan fingerprint density at radius 3 is 2.75 bits per heavy atom. The highest BCUT2D eigenvalue weighted by atomic mass is 35.5. The van der Waals surface area contributed by atoms with Gasteiger partial charge in [-0.25, -0.2) is 5.11 Å². The van der Waals surface area contributed by atoms with Crippen molar-refractivity contribution in [3.8, 4) is 5.75 Å². The molecule has 1 rings (SSSR count). The van der Waals surface area contributed by atoms with Gasteiger partial charge in [0.15, 0.2) is 0 Å². The first-order chi connectivity index (χ1) is 5.81. The third-order valence-electron chi connectivity index (χ3n) is 1.66. The Balaban J connectivity index is 3.02. The molecule has 0 saturated carbocycles. The van der Waals surface area contributed by atoms with Crippen molar-refractivity contribution < 1.29 is 9.84 Å². The van der Waals surface area contributed by atoms with Gasteiger partial charge in [0.25, 0.3) is 0 Å². The first-order valence-corrected chi connectivity index (χ1v) is 4.15. The summed E-state index contributed by atoms with van der Waals surface area (Å²) in [4.78, 5) is 0. The van der Waals surface area contributed by atoms with Crippen LogP contribution in [0.25, 0.3) is 0 Å². The van der Waals surface area contributed by atoms with E-state index < -0.39 is 0 Å². The molecule has 0 bridgehead atoms. The van der Waals surface area contributed by atoms with Gasteiger partial charge in [0.05, 0.1) is 13.0 Å². The lowest BCUT2D eigenvalue weighted by molar-refractivity contribution is 0.177. The molecular weight excluding hydrogens is 176 g/mol. The number of alkyl halides is 1. The van der Waals surface area contributed by atoms with Crippen LogP contribution in [-0.2, 0) is 17.6 Å². The number of halogens is 1. The van der Waals surface area contributed by atoms with Crippen LogP contribution in [0, 0.1) is 0 Å². The highest BCUT2D eigenvalue weighted by Gasteiger charge is 2.02. The summed E-state index contributed by atoms with van der Waals surface area (Å²) in [7, 11) is 1.57. The Bertz CT molecular complexity index is 261. The third-order valence-corrected chi connectivity index (χ3v) is 1.95. The fraction of sp³-hybridized carbons (Fsp3) is 0.333. The van der Waals surface area contributed by atoms with E-state index in [2.05, 4.69) is 0 Å². The fourth-order valence-corrected chi connectivity index (χ4v) is 1.21. The molecule has 1 aromatic carbocycles. The molecule has 0 aliphatic carbocycles. The van der Waals surface area contributed by atoms with Gasteiger partial charge in [0, 0.05) is 5.56 Å². The predicted molar refractivity (Wildman–Crippen MR) is 46.9 cm³/mol. The van der Waals surface area contributed by atoms with Gasteiger partial charge in [-0.15, -0.1) is 11.6 Å². The highest BCUT2D eigenvalue weighted by Crippen LogP contribution is 2.21. The van der Waals surface area contributed by atoms with Crippen LogP contribution in [0.5, 0.6) is 5.75 Å². The predicted octanol–water partition coefficient (Wildman–Crippen LogP) is 2.36. The summed E-state index contributed by atoms with van der Waals surface area (Å²) in [5.41, 5.74) is 1.64. The first-order valence-electron chi connectivity index (χ1n) is 3.61. The van der Waals surface area contributed by atoms with Crippen LogP contribution in [0.15, 0.2) is 18.2 Å². The summed E-state index contributed by atoms with van der Waals surface area (Å²) in [5, 5.41) is 10.5. The molecule has 0 fully saturated rings. The van der Waals surface area contributed by atoms with Crippen molar-refractivity contribution in [2.45, 2.75) is 12.5 Å². The summed E-state index contributed by atoms with van der Waals surface area (Å²) < 4.78 is 5.06. The van der Waals surface area contributed by atoms with Crippen LogP contribution < -0.4 is 4.74 Å². The molecule has 12 heavy (non-hydrogen) atoms. The quantitative estimate of drug-likeness (QED) is 0.665. The molecule has 0 unspecified atom stereocenters. The maximum Gasteiger partial charge on any atom is 0.123 e. The highest BCUT2D eigenvalue weighted by molar-refractivity contribution is 6.17. The van der Waals surface area contributed by atoms with Crippen LogP contribution in [0.4, 0.5) is 0 Å². The van der Waals surface area contributed by atoms with Crippen LogP contribution in [0.1, 0.15) is 11.1 Å². The second-order valence-corrected chi connectivity index (χ2v) is 2.69. The Morgan fingerprint density at radius 1 is 1.50 bits per heavy atom. The van der Waals surface area contributed by atoms with E-state index in [0.29, 0.717) is 11.6 Å². The molecule has 0 amide bonds. The molecule has 0 spiro atoms. The lowest BCUT2D eigenvalue weighted by Crippen LogP contribution is -1.91. The minimum atomic E-state index is -0.223. The summed E-state index contributed by atoms with van der Waals surface area (Å²) >= 11 is 5.65. The van der Waals surface area contributed by atoms with Crippen molar-refractivity contribution in [2.75, 3.05) is 7.11 Å². The molecule has 0 aliphatic rings. The van der Waals surface area contributed by atoms with Gasteiger partial charge in [-0.05, 0) is 11.6 Å². The SMILES string of the molecule is COc1cc(C[O])ccc1CCl. The number of methoxy groups -OCH3 is 1. The molecule has 0 aliphatic heterocycles. The van der Waals surface area contributed by atoms with Crippen LogP contribution in [-0.4, -0.2) is 7.11 Å². The van der Waals surface area contributed by atoms with Crippen LogP contribution in [0.2, 0.25) is 0 Å². The molecule has 3 heteroatoms. The number of hydrogen-bond acceptors (Lipinski definition) is 1. The molecule has 0 heterocycles. The zero-order chi connectivity index (χ0) is 8.97. The molecule has 1 aromatic rings. The lowest BCUT2D eigenvalue weighted by Gasteiger charge is -2.06. The molecule has 0 N–H and O–H groups in total. The van der Waals surface area contributed by atoms with Gasteiger partial charge in [0.1, 0.15) is 12.4 Å². The molecule has 1 radical (unpaired) electrons. The van der Waals surface area contributed by atoms with Gasteiger partial charge in [-0.1, -0.05) is 12.1 Å². The van der Waals surface area contributed by atoms with Crippen molar-refractivity contribution in [1.82, 2.24) is 0 Å². The van der Waals surface area contributed by atoms with E-state index >= 15 is 0 Å². The third kappa shape index (κ3) is 1.90. The Kier molecular flexibility index (Phi) is 3.38. The zero-order valence-electron chi connectivity index (χ0n) is 6.84. The normalized spacial score (nSPS) is 9.92. The Hall–Kier alpha value is -0.730. The van der Waals surface area contributed by atoms with Gasteiger partial charge in [0.2, 0.25) is 0 Å². The summed E-state index contributed by atoms with van der Waals surface area (Å²) in [6.45, 7) is -0.223. The lowest BCUT2D eigenvalue weighted by atomic mass is 10.1. The summed E-state index contributed by atoms with van der Waals surface area (Å²) in [6, 6.07) is 5.32. The van der Waals surface area contributed by atoms with E-state index in [9.17, 15) is 5.11 Å². The second-order valence-electron chi connectivity index (χ2n) is 2.42. The van der Waals surface area contributed by atoms with Gasteiger partial charge < -0.3 is 4.74 Å². The van der Waals surface area contributed by atoms with E-state index in [0.717, 1.165) is 11.1 Å². The van der Waals surface area contributed by atoms with Crippen molar-refractivity contribution in [2.24, 2.45) is 0 Å². The van der Waals surface area contributed by atoms with Crippen molar-refractivity contribution >= 4 is 11.6 Å². The number of ether oxygens (including phenoxy) is 1. The molecule has 0 atom stereocenters. The minimum absolute atomic E-state index is 0.223. The van der Waals surface area contributed by atoms with Crippen molar-refractivity contribution in [1.29, 1.82) is 0 Å². The van der Waals surface area contributed by atoms with Gasteiger partial charge in [-0.3, -0.25) is 0 Å². The van der Waals surface area contributed by atoms with Crippen molar-refractivity contribution in [3.63, 3.8) is 0 Å². The van der Waals surface area contributed by atoms with E-state index in [1.165, 1.54) is 0 Å². The smallest absolute Gasteiger partial charge is 0.123 e. The van der Waals surface area contributed by atoms with Crippen LogP contribution >= 0.6 is 11.6 Å². The molecule has 2 nitrogen and oxygen atoms in total. The minimum Gasteiger partial charge on any atom is -0.496 e. The fourth-order valence-electron chi connectivity index (χ4n) is 0.989. The number of rotatable bonds is 3. The van der Waals surface area contributed by atoms with E-state index in [1.807, 2.05) is 6.07 Å². The van der Waals surface area contributed by atoms with Crippen LogP contribution in [0.3, 0.4) is 0 Å². The molecular formula is C9H10ClO2. The molecule has 65 valence electrons. The zero-order valence-corrected chi connectivity index (χ0v) is 7.60. The largest absolute Gasteiger partial charge is 0.496 e. The van der Waals surface area contributed by atoms with Crippen molar-refractivity contribution in [3.05, 3.63) is 29.3 Å². The maximum absolute atomic E-state index is 10.5. The van der Waals surface area contributed by atoms with Gasteiger partial charge in [-0.2, -0.15) is 0 Å². The number of hydrogen-bond donors (Lipinski definition) is 0. The maximum atomic E-state index is 10.5. The first kappa shape index (κ1) is 9.36. The standard InChI is InChI=1S/C9H10ClO2/c1-12-9-4-7(6-11)2-3-8(9)5-10/h2-4H,5-6H2,1H3. The summed E-state index contributed by atoms with van der Waals surface area (Å²) in [6.07, 6.45) is 0. The van der Waals surface area contributed by atoms with E-state index in [1.54, 1.807) is 19.2 Å². The Labute approximate surface area is 76.7 Å². The number of benzene rings is 1. The second kappa shape index (κ2) is 4.33. The molecule has 0 saturated heterocycles. The monoisotopic (exact) mass is 185 g/mol. The van der Waals surface area contributed by atoms with E-state index in [4.69, 9.17) is 16.3 Å².